The number of hydrogen-bond acceptors (Lipinski definition) is 7. The van der Waals surface area contributed by atoms with Crippen LogP contribution >= 0.6 is 0 Å². The molecule has 1 N–H and O–H groups in total. The lowest BCUT2D eigenvalue weighted by atomic mass is 9.77. The number of hydrogen-bond donors (Lipinski definition) is 1. The summed E-state index contributed by atoms with van der Waals surface area (Å²) in [5.41, 5.74) is 1.50. The molecular formula is C35H41N3O5Si. The van der Waals surface area contributed by atoms with Crippen molar-refractivity contribution in [2.45, 2.75) is 69.3 Å². The van der Waals surface area contributed by atoms with Crippen molar-refractivity contribution in [3.8, 4) is 5.75 Å². The number of benzene rings is 3. The van der Waals surface area contributed by atoms with Crippen molar-refractivity contribution < 1.29 is 18.7 Å². The number of ether oxygens (including phenoxy) is 2. The second-order valence-electron chi connectivity index (χ2n) is 12.7. The minimum absolute atomic E-state index is 0.0481. The van der Waals surface area contributed by atoms with Crippen molar-refractivity contribution in [2.75, 3.05) is 12.4 Å². The number of aldehydes is 1. The van der Waals surface area contributed by atoms with Crippen molar-refractivity contribution in [2.24, 2.45) is 0 Å². The number of nitrogens with one attached hydrogen (secondary N) is 1. The average molecular weight is 612 g/mol. The van der Waals surface area contributed by atoms with Gasteiger partial charge in [-0.05, 0) is 53.0 Å². The first-order valence-corrected chi connectivity index (χ1v) is 17.8. The molecule has 0 amide bonds. The summed E-state index contributed by atoms with van der Waals surface area (Å²) < 4.78 is 19.6. The standard InChI is InChI=1S/C35H41N3O5Si/c1-34(2,3)44(5,6)43-30-23-29(24-39)42-32(30)38-22-21-31(36-33(38)40)37-35(25-13-9-7-10-14-25,26-15-11-8-12-16-26)27-17-19-28(41-4)20-18-27/h7-22,24,29-30,32H,23H2,1-6H3,(H,36,37,40)/t29-,30+,32+/m0/s1. The fraction of sp³-hybridized carbons (Fsp3) is 0.343. The van der Waals surface area contributed by atoms with Crippen molar-refractivity contribution in [1.29, 1.82) is 0 Å². The number of carbonyl (C=O) groups excluding carboxylic acids is 1. The Balaban J connectivity index is 1.57. The van der Waals surface area contributed by atoms with Crippen LogP contribution in [0.1, 0.15) is 50.1 Å². The van der Waals surface area contributed by atoms with E-state index in [9.17, 15) is 9.59 Å². The van der Waals surface area contributed by atoms with E-state index in [1.54, 1.807) is 19.4 Å². The maximum absolute atomic E-state index is 13.7. The maximum atomic E-state index is 13.7. The molecular weight excluding hydrogens is 570 g/mol. The Bertz CT molecular complexity index is 1580. The van der Waals surface area contributed by atoms with Gasteiger partial charge in [-0.25, -0.2) is 4.79 Å². The first-order valence-electron chi connectivity index (χ1n) is 14.9. The average Bonchev–Trinajstić information content (AvgIpc) is 3.42. The Kier molecular flexibility index (Phi) is 8.92. The zero-order valence-corrected chi connectivity index (χ0v) is 27.2. The lowest BCUT2D eigenvalue weighted by Crippen LogP contribution is -2.46. The summed E-state index contributed by atoms with van der Waals surface area (Å²) in [5, 5.41) is 3.59. The fourth-order valence-electron chi connectivity index (χ4n) is 5.46. The van der Waals surface area contributed by atoms with Gasteiger partial charge in [0.15, 0.2) is 14.5 Å². The number of carbonyl (C=O) groups is 1. The van der Waals surface area contributed by atoms with Crippen molar-refractivity contribution in [1.82, 2.24) is 9.55 Å². The number of rotatable bonds is 10. The van der Waals surface area contributed by atoms with Gasteiger partial charge in [0.05, 0.1) is 13.2 Å². The zero-order chi connectivity index (χ0) is 31.5. The van der Waals surface area contributed by atoms with Crippen LogP contribution < -0.4 is 15.7 Å². The quantitative estimate of drug-likeness (QED) is 0.124. The molecule has 0 radical (unpaired) electrons. The van der Waals surface area contributed by atoms with Crippen molar-refractivity contribution in [3.63, 3.8) is 0 Å². The summed E-state index contributed by atoms with van der Waals surface area (Å²) in [7, 11) is -0.579. The third-order valence-corrected chi connectivity index (χ3v) is 13.4. The molecule has 3 aromatic carbocycles. The molecule has 0 saturated carbocycles. The van der Waals surface area contributed by atoms with E-state index in [2.05, 4.69) is 68.4 Å². The molecule has 4 aromatic rings. The smallest absolute Gasteiger partial charge is 0.351 e. The topological polar surface area (TPSA) is 91.7 Å². The molecule has 230 valence electrons. The van der Waals surface area contributed by atoms with E-state index in [0.717, 1.165) is 28.7 Å². The first kappa shape index (κ1) is 31.4. The highest BCUT2D eigenvalue weighted by atomic mass is 28.4. The number of aromatic nitrogens is 2. The monoisotopic (exact) mass is 611 g/mol. The highest BCUT2D eigenvalue weighted by molar-refractivity contribution is 6.74. The fourth-order valence-corrected chi connectivity index (χ4v) is 6.79. The summed E-state index contributed by atoms with van der Waals surface area (Å²) in [5.74, 6) is 1.13. The van der Waals surface area contributed by atoms with Crippen LogP contribution in [0.4, 0.5) is 5.82 Å². The van der Waals surface area contributed by atoms with Gasteiger partial charge >= 0.3 is 5.69 Å². The third-order valence-electron chi connectivity index (χ3n) is 8.86. The molecule has 1 saturated heterocycles. The van der Waals surface area contributed by atoms with Gasteiger partial charge in [-0.3, -0.25) is 4.57 Å². The van der Waals surface area contributed by atoms with E-state index in [0.29, 0.717) is 12.2 Å². The van der Waals surface area contributed by atoms with Gasteiger partial charge in [0.2, 0.25) is 0 Å². The molecule has 0 spiro atoms. The molecule has 5 rings (SSSR count). The van der Waals surface area contributed by atoms with Crippen LogP contribution in [0.15, 0.2) is 102 Å². The summed E-state index contributed by atoms with van der Waals surface area (Å²) in [6.07, 6.45) is 0.971. The van der Waals surface area contributed by atoms with E-state index in [4.69, 9.17) is 13.9 Å². The van der Waals surface area contributed by atoms with Gasteiger partial charge in [0, 0.05) is 12.6 Å². The SMILES string of the molecule is COc1ccc(C(Nc2ccn([C@@H]3O[C@H](C=O)C[C@H]3O[Si](C)(C)C(C)(C)C)c(=O)n2)(c2ccccc2)c2ccccc2)cc1. The van der Waals surface area contributed by atoms with Gasteiger partial charge in [-0.2, -0.15) is 4.98 Å². The van der Waals surface area contributed by atoms with E-state index < -0.39 is 38.0 Å². The minimum atomic E-state index is -2.22. The Morgan fingerprint density at radius 3 is 1.98 bits per heavy atom. The van der Waals surface area contributed by atoms with E-state index in [1.165, 1.54) is 4.57 Å². The molecule has 0 unspecified atom stereocenters. The maximum Gasteiger partial charge on any atom is 0.351 e. The summed E-state index contributed by atoms with van der Waals surface area (Å²) in [6.45, 7) is 10.8. The lowest BCUT2D eigenvalue weighted by Gasteiger charge is -2.39. The van der Waals surface area contributed by atoms with Crippen LogP contribution in [-0.4, -0.2) is 43.5 Å². The predicted molar refractivity (Wildman–Crippen MR) is 175 cm³/mol. The second kappa shape index (κ2) is 12.5. The first-order chi connectivity index (χ1) is 21.0. The summed E-state index contributed by atoms with van der Waals surface area (Å²) in [6, 6.07) is 29.8. The molecule has 1 aliphatic rings. The van der Waals surface area contributed by atoms with Crippen LogP contribution in [0.25, 0.3) is 0 Å². The molecule has 1 aliphatic heterocycles. The molecule has 3 atom stereocenters. The predicted octanol–water partition coefficient (Wildman–Crippen LogP) is 6.53. The van der Waals surface area contributed by atoms with Gasteiger partial charge < -0.3 is 24.0 Å². The highest BCUT2D eigenvalue weighted by Crippen LogP contribution is 2.42. The van der Waals surface area contributed by atoms with Gasteiger partial charge in [-0.15, -0.1) is 0 Å². The second-order valence-corrected chi connectivity index (χ2v) is 17.4. The van der Waals surface area contributed by atoms with Crippen LogP contribution in [0.2, 0.25) is 18.1 Å². The zero-order valence-electron chi connectivity index (χ0n) is 26.2. The number of methoxy groups -OCH3 is 1. The molecule has 9 heteroatoms. The lowest BCUT2D eigenvalue weighted by molar-refractivity contribution is -0.120. The van der Waals surface area contributed by atoms with Crippen LogP contribution in [-0.2, 0) is 19.5 Å². The third kappa shape index (κ3) is 6.13. The molecule has 0 bridgehead atoms. The van der Waals surface area contributed by atoms with E-state index >= 15 is 0 Å². The van der Waals surface area contributed by atoms with Gasteiger partial charge in [0.1, 0.15) is 29.5 Å². The Labute approximate surface area is 260 Å². The van der Waals surface area contributed by atoms with Gasteiger partial charge in [-0.1, -0.05) is 93.6 Å². The van der Waals surface area contributed by atoms with Gasteiger partial charge in [0.25, 0.3) is 0 Å². The largest absolute Gasteiger partial charge is 0.497 e. The number of nitrogens with zero attached hydrogens (tertiary/aromatic N) is 2. The van der Waals surface area contributed by atoms with E-state index in [1.807, 2.05) is 60.7 Å². The van der Waals surface area contributed by atoms with Crippen molar-refractivity contribution >= 4 is 20.4 Å². The highest BCUT2D eigenvalue weighted by Gasteiger charge is 2.46. The summed E-state index contributed by atoms with van der Waals surface area (Å²) in [4.78, 5) is 29.9. The normalized spacial score (nSPS) is 19.0. The van der Waals surface area contributed by atoms with Crippen LogP contribution in [0, 0.1) is 0 Å². The number of anilines is 1. The molecule has 1 aromatic heterocycles. The molecule has 2 heterocycles. The molecule has 1 fully saturated rings. The Morgan fingerprint density at radius 2 is 1.48 bits per heavy atom. The minimum Gasteiger partial charge on any atom is -0.497 e. The molecule has 44 heavy (non-hydrogen) atoms. The molecule has 8 nitrogen and oxygen atoms in total. The van der Waals surface area contributed by atoms with Crippen molar-refractivity contribution in [3.05, 3.63) is 124 Å². The van der Waals surface area contributed by atoms with E-state index in [-0.39, 0.29) is 5.04 Å². The molecule has 0 aliphatic carbocycles. The van der Waals surface area contributed by atoms with Crippen LogP contribution in [0.5, 0.6) is 5.75 Å². The van der Waals surface area contributed by atoms with Crippen LogP contribution in [0.3, 0.4) is 0 Å². The Morgan fingerprint density at radius 1 is 0.909 bits per heavy atom. The Hall–Kier alpha value is -4.05. The summed E-state index contributed by atoms with van der Waals surface area (Å²) >= 11 is 0.